The average Bonchev–Trinajstić information content (AvgIpc) is 3.70. The van der Waals surface area contributed by atoms with Crippen LogP contribution in [0, 0.1) is 0 Å². The van der Waals surface area contributed by atoms with Gasteiger partial charge >= 0.3 is 0 Å². The van der Waals surface area contributed by atoms with Crippen molar-refractivity contribution in [2.75, 3.05) is 0 Å². The van der Waals surface area contributed by atoms with Gasteiger partial charge < -0.3 is 0 Å². The first kappa shape index (κ1) is 33.3. The van der Waals surface area contributed by atoms with Gasteiger partial charge in [-0.25, -0.2) is 0 Å². The van der Waals surface area contributed by atoms with Crippen LogP contribution in [-0.4, -0.2) is 0 Å². The number of fused-ring (bicyclic) bond motifs is 5. The Morgan fingerprint density at radius 1 is 0.228 bits per heavy atom. The molecule has 0 fully saturated rings. The monoisotopic (exact) mass is 740 g/mol. The van der Waals surface area contributed by atoms with Gasteiger partial charge in [-0.3, -0.25) is 0 Å². The predicted octanol–water partition coefficient (Wildman–Crippen LogP) is 16.4. The lowest BCUT2D eigenvalue weighted by Crippen LogP contribution is -1.91. The van der Waals surface area contributed by atoms with Gasteiger partial charge in [0, 0.05) is 26.1 Å². The minimum atomic E-state index is 1.22. The Balaban J connectivity index is 1.31. The highest BCUT2D eigenvalue weighted by Crippen LogP contribution is 2.55. The second kappa shape index (κ2) is 13.9. The maximum atomic E-state index is 2.48. The van der Waals surface area contributed by atoms with Crippen molar-refractivity contribution in [2.45, 2.75) is 0 Å². The summed E-state index contributed by atoms with van der Waals surface area (Å²) in [7, 11) is 0. The summed E-state index contributed by atoms with van der Waals surface area (Å²) in [6.45, 7) is 0. The summed E-state index contributed by atoms with van der Waals surface area (Å²) in [5.41, 5.74) is 13.7. The maximum absolute atomic E-state index is 2.48. The lowest BCUT2D eigenvalue weighted by Gasteiger charge is -2.19. The van der Waals surface area contributed by atoms with Crippen LogP contribution in [0.2, 0.25) is 0 Å². The molecule has 0 N–H and O–H groups in total. The lowest BCUT2D eigenvalue weighted by molar-refractivity contribution is 1.64. The molecule has 11 aromatic rings. The van der Waals surface area contributed by atoms with Crippen molar-refractivity contribution in [1.29, 1.82) is 0 Å². The lowest BCUT2D eigenvalue weighted by atomic mass is 9.84. The minimum Gasteiger partial charge on any atom is -0.134 e. The Morgan fingerprint density at radius 3 is 1.07 bits per heavy atom. The molecule has 0 spiro atoms. The van der Waals surface area contributed by atoms with E-state index in [0.29, 0.717) is 0 Å². The van der Waals surface area contributed by atoms with Crippen LogP contribution >= 0.6 is 11.3 Å². The third-order valence-electron chi connectivity index (χ3n) is 11.4. The van der Waals surface area contributed by atoms with Gasteiger partial charge in [0.2, 0.25) is 0 Å². The first-order valence-corrected chi connectivity index (χ1v) is 20.4. The Morgan fingerprint density at radius 2 is 0.579 bits per heavy atom. The molecular weight excluding hydrogens is 705 g/mol. The fourth-order valence-electron chi connectivity index (χ4n) is 9.05. The number of benzene rings is 10. The van der Waals surface area contributed by atoms with Crippen LogP contribution in [0.1, 0.15) is 0 Å². The Labute approximate surface area is 336 Å². The molecule has 0 unspecified atom stereocenters. The van der Waals surface area contributed by atoms with Crippen molar-refractivity contribution in [3.63, 3.8) is 0 Å². The SMILES string of the molecule is c1ccc(-c2c3ccccc3c(-c3ccccc3)c3cc(-c4sc5c(-c6ccccc6)c(-c6ccccc6)c6ccccc6c5c4-c4ccccc4)ccc23)cc1. The largest absolute Gasteiger partial charge is 0.134 e. The quantitative estimate of drug-likeness (QED) is 0.149. The summed E-state index contributed by atoms with van der Waals surface area (Å²) in [6, 6.07) is 80.0. The van der Waals surface area contributed by atoms with Crippen LogP contribution in [0.5, 0.6) is 0 Å². The van der Waals surface area contributed by atoms with Crippen LogP contribution < -0.4 is 0 Å². The van der Waals surface area contributed by atoms with Crippen LogP contribution in [0.25, 0.3) is 108 Å². The summed E-state index contributed by atoms with van der Waals surface area (Å²) >= 11 is 1.93. The third kappa shape index (κ3) is 5.51. The molecule has 57 heavy (non-hydrogen) atoms. The van der Waals surface area contributed by atoms with Crippen LogP contribution in [-0.2, 0) is 0 Å². The number of rotatable bonds is 6. The molecule has 1 heterocycles. The van der Waals surface area contributed by atoms with E-state index in [0.717, 1.165) is 0 Å². The van der Waals surface area contributed by atoms with Crippen molar-refractivity contribution < 1.29 is 0 Å². The van der Waals surface area contributed by atoms with Crippen molar-refractivity contribution in [1.82, 2.24) is 0 Å². The molecule has 0 aliphatic rings. The Kier molecular flexibility index (Phi) is 8.12. The molecule has 0 radical (unpaired) electrons. The van der Waals surface area contributed by atoms with Crippen molar-refractivity contribution in [2.24, 2.45) is 0 Å². The van der Waals surface area contributed by atoms with Gasteiger partial charge in [-0.05, 0) is 88.5 Å². The fourth-order valence-corrected chi connectivity index (χ4v) is 10.5. The third-order valence-corrected chi connectivity index (χ3v) is 12.7. The Hall–Kier alpha value is -7.06. The summed E-state index contributed by atoms with van der Waals surface area (Å²) in [4.78, 5) is 1.28. The molecule has 11 rings (SSSR count). The van der Waals surface area contributed by atoms with Crippen LogP contribution in [0.4, 0.5) is 0 Å². The number of hydrogen-bond donors (Lipinski definition) is 0. The van der Waals surface area contributed by atoms with E-state index in [1.807, 2.05) is 11.3 Å². The van der Waals surface area contributed by atoms with Gasteiger partial charge in [-0.1, -0.05) is 212 Å². The van der Waals surface area contributed by atoms with E-state index in [4.69, 9.17) is 0 Å². The molecule has 266 valence electrons. The highest BCUT2D eigenvalue weighted by atomic mass is 32.1. The van der Waals surface area contributed by atoms with E-state index in [2.05, 4.69) is 218 Å². The molecule has 10 aromatic carbocycles. The maximum Gasteiger partial charge on any atom is 0.0446 e. The highest BCUT2D eigenvalue weighted by molar-refractivity contribution is 7.24. The zero-order valence-electron chi connectivity index (χ0n) is 31.2. The second-order valence-electron chi connectivity index (χ2n) is 14.7. The van der Waals surface area contributed by atoms with Gasteiger partial charge in [0.15, 0.2) is 0 Å². The molecular formula is C56H36S. The number of hydrogen-bond acceptors (Lipinski definition) is 1. The van der Waals surface area contributed by atoms with Gasteiger partial charge in [0.05, 0.1) is 0 Å². The molecule has 0 nitrogen and oxygen atoms in total. The van der Waals surface area contributed by atoms with E-state index in [-0.39, 0.29) is 0 Å². The first-order chi connectivity index (χ1) is 28.3. The summed E-state index contributed by atoms with van der Waals surface area (Å²) in [5.74, 6) is 0. The highest BCUT2D eigenvalue weighted by Gasteiger charge is 2.26. The molecule has 0 atom stereocenters. The van der Waals surface area contributed by atoms with Gasteiger partial charge in [-0.2, -0.15) is 0 Å². The van der Waals surface area contributed by atoms with E-state index in [1.54, 1.807) is 0 Å². The molecule has 0 aliphatic heterocycles. The minimum absolute atomic E-state index is 1.22. The zero-order chi connectivity index (χ0) is 37.7. The van der Waals surface area contributed by atoms with Crippen molar-refractivity contribution in [3.05, 3.63) is 218 Å². The van der Waals surface area contributed by atoms with Crippen LogP contribution in [0.3, 0.4) is 0 Å². The predicted molar refractivity (Wildman–Crippen MR) is 247 cm³/mol. The normalized spacial score (nSPS) is 11.5. The topological polar surface area (TPSA) is 0 Å². The summed E-state index contributed by atoms with van der Waals surface area (Å²) < 4.78 is 1.31. The zero-order valence-corrected chi connectivity index (χ0v) is 32.0. The standard InChI is InChI=1S/C56H36S/c1-6-20-37(21-7-1)49-43-30-16-17-31-44(43)50(38-22-8-2-9-23-38)48-36-42(34-35-47(48)49)55-53(41-28-14-5-15-29-41)54-46-33-19-18-32-45(46)51(39-24-10-3-11-25-39)52(56(54)57-55)40-26-12-4-13-27-40/h1-36H. The smallest absolute Gasteiger partial charge is 0.0446 e. The molecule has 0 amide bonds. The van der Waals surface area contributed by atoms with Gasteiger partial charge in [-0.15, -0.1) is 11.3 Å². The average molecular weight is 741 g/mol. The van der Waals surface area contributed by atoms with E-state index >= 15 is 0 Å². The summed E-state index contributed by atoms with van der Waals surface area (Å²) in [6.07, 6.45) is 0. The van der Waals surface area contributed by atoms with Crippen molar-refractivity contribution in [3.8, 4) is 66.1 Å². The van der Waals surface area contributed by atoms with Crippen LogP contribution in [0.15, 0.2) is 218 Å². The molecule has 1 aromatic heterocycles. The fraction of sp³-hybridized carbons (Fsp3) is 0. The van der Waals surface area contributed by atoms with E-state index < -0.39 is 0 Å². The first-order valence-electron chi connectivity index (χ1n) is 19.6. The molecule has 0 saturated heterocycles. The van der Waals surface area contributed by atoms with Crippen molar-refractivity contribution >= 4 is 53.7 Å². The molecule has 0 aliphatic carbocycles. The second-order valence-corrected chi connectivity index (χ2v) is 15.7. The van der Waals surface area contributed by atoms with Gasteiger partial charge in [0.25, 0.3) is 0 Å². The van der Waals surface area contributed by atoms with E-state index in [9.17, 15) is 0 Å². The molecule has 0 saturated carbocycles. The number of thiophene rings is 1. The molecule has 1 heteroatoms. The molecule has 0 bridgehead atoms. The van der Waals surface area contributed by atoms with E-state index in [1.165, 1.54) is 108 Å². The summed E-state index contributed by atoms with van der Waals surface area (Å²) in [5, 5.41) is 8.88. The van der Waals surface area contributed by atoms with Gasteiger partial charge in [0.1, 0.15) is 0 Å². The Bertz CT molecular complexity index is 3240.